The lowest BCUT2D eigenvalue weighted by Crippen LogP contribution is -2.39. The maximum atomic E-state index is 13.8. The molecule has 1 aromatic heterocycles. The summed E-state index contributed by atoms with van der Waals surface area (Å²) in [5.74, 6) is -1.22. The number of para-hydroxylation sites is 1. The van der Waals surface area contributed by atoms with Gasteiger partial charge in [0.05, 0.1) is 12.2 Å². The van der Waals surface area contributed by atoms with Crippen LogP contribution in [0.5, 0.6) is 0 Å². The summed E-state index contributed by atoms with van der Waals surface area (Å²) in [5, 5.41) is 7.49. The molecule has 6 nitrogen and oxygen atoms in total. The Morgan fingerprint density at radius 1 is 1.10 bits per heavy atom. The highest BCUT2D eigenvalue weighted by Crippen LogP contribution is 2.18. The van der Waals surface area contributed by atoms with Crippen LogP contribution in [0.2, 0.25) is 0 Å². The SMILES string of the molecule is CC(C)N(Cc1nc(C(=O)NCc2ccc(F)cc2)cs1)C(=O)Nc1ccccc1F. The second-order valence-corrected chi connectivity index (χ2v) is 8.01. The highest BCUT2D eigenvalue weighted by atomic mass is 32.1. The van der Waals surface area contributed by atoms with Gasteiger partial charge in [0.2, 0.25) is 0 Å². The van der Waals surface area contributed by atoms with Crippen LogP contribution in [0.15, 0.2) is 53.9 Å². The molecule has 0 saturated heterocycles. The zero-order valence-corrected chi connectivity index (χ0v) is 17.9. The van der Waals surface area contributed by atoms with Gasteiger partial charge in [-0.15, -0.1) is 11.3 Å². The molecule has 2 aromatic carbocycles. The van der Waals surface area contributed by atoms with E-state index in [4.69, 9.17) is 0 Å². The Balaban J connectivity index is 1.61. The van der Waals surface area contributed by atoms with Crippen LogP contribution in [-0.2, 0) is 13.1 Å². The molecule has 3 aromatic rings. The molecule has 3 amide bonds. The number of hydrogen-bond acceptors (Lipinski definition) is 4. The molecule has 3 rings (SSSR count). The van der Waals surface area contributed by atoms with E-state index in [0.29, 0.717) is 5.01 Å². The molecule has 0 unspecified atom stereocenters. The van der Waals surface area contributed by atoms with Crippen LogP contribution in [0, 0.1) is 11.6 Å². The van der Waals surface area contributed by atoms with Gasteiger partial charge < -0.3 is 15.5 Å². The monoisotopic (exact) mass is 444 g/mol. The Hall–Kier alpha value is -3.33. The lowest BCUT2D eigenvalue weighted by atomic mass is 10.2. The van der Waals surface area contributed by atoms with Gasteiger partial charge in [0.1, 0.15) is 22.3 Å². The minimum atomic E-state index is -0.520. The topological polar surface area (TPSA) is 74.3 Å². The van der Waals surface area contributed by atoms with E-state index in [2.05, 4.69) is 15.6 Å². The Morgan fingerprint density at radius 3 is 2.48 bits per heavy atom. The summed E-state index contributed by atoms with van der Waals surface area (Å²) in [4.78, 5) is 30.8. The Labute approximate surface area is 182 Å². The summed E-state index contributed by atoms with van der Waals surface area (Å²) >= 11 is 1.26. The summed E-state index contributed by atoms with van der Waals surface area (Å²) in [7, 11) is 0. The number of anilines is 1. The molecule has 0 aliphatic rings. The van der Waals surface area contributed by atoms with Crippen LogP contribution < -0.4 is 10.6 Å². The zero-order valence-electron chi connectivity index (χ0n) is 17.1. The number of hydrogen-bond donors (Lipinski definition) is 2. The molecular formula is C22H22F2N4O2S. The molecule has 0 radical (unpaired) electrons. The minimum Gasteiger partial charge on any atom is -0.347 e. The van der Waals surface area contributed by atoms with E-state index in [0.717, 1.165) is 5.56 Å². The summed E-state index contributed by atoms with van der Waals surface area (Å²) in [5.41, 5.74) is 1.10. The summed E-state index contributed by atoms with van der Waals surface area (Å²) < 4.78 is 26.8. The molecule has 9 heteroatoms. The smallest absolute Gasteiger partial charge is 0.322 e. The summed E-state index contributed by atoms with van der Waals surface area (Å²) in [6, 6.07) is 11.1. The van der Waals surface area contributed by atoms with Gasteiger partial charge in [-0.3, -0.25) is 4.79 Å². The first-order valence-electron chi connectivity index (χ1n) is 9.62. The first-order chi connectivity index (χ1) is 14.8. The molecule has 2 N–H and O–H groups in total. The van der Waals surface area contributed by atoms with Crippen LogP contribution in [0.3, 0.4) is 0 Å². The van der Waals surface area contributed by atoms with Gasteiger partial charge in [-0.2, -0.15) is 0 Å². The standard InChI is InChI=1S/C22H22F2N4O2S/c1-14(2)28(22(30)27-18-6-4-3-5-17(18)24)12-20-26-19(13-31-20)21(29)25-11-15-7-9-16(23)10-8-15/h3-10,13-14H,11-12H2,1-2H3,(H,25,29)(H,27,30). The van der Waals surface area contributed by atoms with Gasteiger partial charge >= 0.3 is 6.03 Å². The van der Waals surface area contributed by atoms with Crippen LogP contribution >= 0.6 is 11.3 Å². The third-order valence-electron chi connectivity index (χ3n) is 4.46. The van der Waals surface area contributed by atoms with Crippen molar-refractivity contribution in [3.05, 3.63) is 81.8 Å². The average molecular weight is 445 g/mol. The van der Waals surface area contributed by atoms with Gasteiger partial charge in [-0.1, -0.05) is 24.3 Å². The van der Waals surface area contributed by atoms with Crippen molar-refractivity contribution in [2.24, 2.45) is 0 Å². The van der Waals surface area contributed by atoms with E-state index in [9.17, 15) is 18.4 Å². The van der Waals surface area contributed by atoms with Gasteiger partial charge in [-0.05, 0) is 43.7 Å². The number of rotatable bonds is 7. The molecule has 162 valence electrons. The number of urea groups is 1. The molecule has 0 aliphatic carbocycles. The van der Waals surface area contributed by atoms with Crippen molar-refractivity contribution in [1.29, 1.82) is 0 Å². The number of nitrogens with zero attached hydrogens (tertiary/aromatic N) is 2. The van der Waals surface area contributed by atoms with E-state index in [1.807, 2.05) is 13.8 Å². The molecule has 0 fully saturated rings. The van der Waals surface area contributed by atoms with Crippen molar-refractivity contribution in [2.45, 2.75) is 33.0 Å². The number of carbonyl (C=O) groups is 2. The maximum Gasteiger partial charge on any atom is 0.322 e. The van der Waals surface area contributed by atoms with E-state index in [1.165, 1.54) is 40.5 Å². The van der Waals surface area contributed by atoms with Gasteiger partial charge in [0.15, 0.2) is 0 Å². The zero-order chi connectivity index (χ0) is 22.4. The summed E-state index contributed by atoms with van der Waals surface area (Å²) in [6.45, 7) is 4.10. The number of thiazole rings is 1. The second kappa shape index (κ2) is 10.1. The average Bonchev–Trinajstić information content (AvgIpc) is 3.21. The molecule has 0 saturated carbocycles. The molecule has 1 heterocycles. The molecular weight excluding hydrogens is 422 g/mol. The number of benzene rings is 2. The number of carbonyl (C=O) groups excluding carboxylic acids is 2. The van der Waals surface area contributed by atoms with E-state index < -0.39 is 11.8 Å². The highest BCUT2D eigenvalue weighted by molar-refractivity contribution is 7.09. The van der Waals surface area contributed by atoms with Crippen molar-refractivity contribution in [3.8, 4) is 0 Å². The van der Waals surface area contributed by atoms with Crippen molar-refractivity contribution in [1.82, 2.24) is 15.2 Å². The fourth-order valence-corrected chi connectivity index (χ4v) is 3.52. The second-order valence-electron chi connectivity index (χ2n) is 7.07. The van der Waals surface area contributed by atoms with E-state index in [1.54, 1.807) is 29.6 Å². The number of amides is 3. The first-order valence-corrected chi connectivity index (χ1v) is 10.5. The van der Waals surface area contributed by atoms with Crippen molar-refractivity contribution in [3.63, 3.8) is 0 Å². The molecule has 0 aliphatic heterocycles. The first kappa shape index (κ1) is 22.4. The van der Waals surface area contributed by atoms with Crippen LogP contribution in [0.4, 0.5) is 19.3 Å². The number of aromatic nitrogens is 1. The van der Waals surface area contributed by atoms with Gasteiger partial charge in [0.25, 0.3) is 5.91 Å². The molecule has 31 heavy (non-hydrogen) atoms. The van der Waals surface area contributed by atoms with Crippen LogP contribution in [0.1, 0.15) is 34.9 Å². The third kappa shape index (κ3) is 6.08. The van der Waals surface area contributed by atoms with Crippen molar-refractivity contribution in [2.75, 3.05) is 5.32 Å². The van der Waals surface area contributed by atoms with Gasteiger partial charge in [-0.25, -0.2) is 18.6 Å². The maximum absolute atomic E-state index is 13.8. The summed E-state index contributed by atoms with van der Waals surface area (Å²) in [6.07, 6.45) is 0. The Bertz CT molecular complexity index is 1050. The fourth-order valence-electron chi connectivity index (χ4n) is 2.75. The van der Waals surface area contributed by atoms with Gasteiger partial charge in [0, 0.05) is 18.0 Å². The van der Waals surface area contributed by atoms with Crippen molar-refractivity contribution >= 4 is 29.0 Å². The largest absolute Gasteiger partial charge is 0.347 e. The third-order valence-corrected chi connectivity index (χ3v) is 5.29. The fraction of sp³-hybridized carbons (Fsp3) is 0.227. The minimum absolute atomic E-state index is 0.0955. The Kier molecular flexibility index (Phi) is 7.30. The highest BCUT2D eigenvalue weighted by Gasteiger charge is 2.21. The number of halogens is 2. The van der Waals surface area contributed by atoms with Crippen molar-refractivity contribution < 1.29 is 18.4 Å². The van der Waals surface area contributed by atoms with Crippen LogP contribution in [0.25, 0.3) is 0 Å². The number of nitrogens with one attached hydrogen (secondary N) is 2. The predicted octanol–water partition coefficient (Wildman–Crippen LogP) is 4.79. The van der Waals surface area contributed by atoms with Crippen LogP contribution in [-0.4, -0.2) is 27.9 Å². The lowest BCUT2D eigenvalue weighted by molar-refractivity contribution is 0.0946. The molecule has 0 bridgehead atoms. The molecule has 0 spiro atoms. The quantitative estimate of drug-likeness (QED) is 0.550. The normalized spacial score (nSPS) is 10.7. The Morgan fingerprint density at radius 2 is 1.81 bits per heavy atom. The van der Waals surface area contributed by atoms with E-state index >= 15 is 0 Å². The lowest BCUT2D eigenvalue weighted by Gasteiger charge is -2.26. The predicted molar refractivity (Wildman–Crippen MR) is 116 cm³/mol. The molecule has 0 atom stereocenters. The van der Waals surface area contributed by atoms with E-state index in [-0.39, 0.29) is 42.2 Å².